The van der Waals surface area contributed by atoms with E-state index in [1.165, 1.54) is 89.9 Å². The van der Waals surface area contributed by atoms with Gasteiger partial charge in [-0.25, -0.2) is 0 Å². The quantitative estimate of drug-likeness (QED) is 0.304. The SMILES string of the molecule is C1=CCCC(C2=CC3=C(CC2)C2CCC(c4ccccc4)C4SC5CC6C(CC5N3C24)SC2C(c3ccccc3)CCC3C4=C(C=C(C5=CC=CCC5)CC4)N6C32)=C1. The zero-order chi connectivity index (χ0) is 37.9. The normalized spacial score (nSPS) is 39.4. The Labute approximate surface area is 355 Å². The second-order valence-electron chi connectivity index (χ2n) is 19.6. The largest absolute Gasteiger partial charge is 0.363 e. The molecule has 0 amide bonds. The van der Waals surface area contributed by atoms with Crippen molar-refractivity contribution in [2.45, 2.75) is 147 Å². The molecule has 12 unspecified atom stereocenters. The van der Waals surface area contributed by atoms with Gasteiger partial charge < -0.3 is 9.80 Å². The molecule has 4 heterocycles. The Balaban J connectivity index is 0.913. The first-order valence-corrected chi connectivity index (χ1v) is 25.2. The van der Waals surface area contributed by atoms with Gasteiger partial charge in [0, 0.05) is 68.4 Å². The molecule has 0 bridgehead atoms. The molecule has 2 aromatic rings. The van der Waals surface area contributed by atoms with Crippen molar-refractivity contribution in [3.63, 3.8) is 0 Å². The molecule has 0 spiro atoms. The van der Waals surface area contributed by atoms with Crippen LogP contribution in [0.5, 0.6) is 0 Å². The Bertz CT molecular complexity index is 2090. The molecule has 58 heavy (non-hydrogen) atoms. The topological polar surface area (TPSA) is 6.48 Å². The Morgan fingerprint density at radius 2 is 0.914 bits per heavy atom. The van der Waals surface area contributed by atoms with Crippen molar-refractivity contribution in [1.29, 1.82) is 0 Å². The van der Waals surface area contributed by atoms with Crippen LogP contribution < -0.4 is 0 Å². The zero-order valence-electron chi connectivity index (χ0n) is 33.9. The number of hydrogen-bond donors (Lipinski definition) is 0. The van der Waals surface area contributed by atoms with E-state index < -0.39 is 0 Å². The smallest absolute Gasteiger partial charge is 0.0484 e. The third kappa shape index (κ3) is 5.44. The lowest BCUT2D eigenvalue weighted by Gasteiger charge is -2.62. The van der Waals surface area contributed by atoms with E-state index in [1.807, 2.05) is 11.1 Å². The maximum atomic E-state index is 3.18. The van der Waals surface area contributed by atoms with Crippen molar-refractivity contribution in [2.75, 3.05) is 0 Å². The molecule has 0 aromatic heterocycles. The molecular weight excluding hydrogens is 741 g/mol. The molecule has 4 heteroatoms. The van der Waals surface area contributed by atoms with E-state index in [-0.39, 0.29) is 0 Å². The molecule has 5 fully saturated rings. The Kier molecular flexibility index (Phi) is 8.62. The maximum Gasteiger partial charge on any atom is 0.0484 e. The van der Waals surface area contributed by atoms with Crippen LogP contribution in [0.2, 0.25) is 0 Å². The van der Waals surface area contributed by atoms with Gasteiger partial charge in [-0.05, 0) is 158 Å². The third-order valence-corrected chi connectivity index (χ3v) is 20.6. The van der Waals surface area contributed by atoms with E-state index in [2.05, 4.69) is 143 Å². The second-order valence-corrected chi connectivity index (χ2v) is 22.4. The van der Waals surface area contributed by atoms with Gasteiger partial charge in [0.1, 0.15) is 0 Å². The van der Waals surface area contributed by atoms with Gasteiger partial charge >= 0.3 is 0 Å². The predicted octanol–water partition coefficient (Wildman–Crippen LogP) is 12.7. The average molecular weight is 799 g/mol. The van der Waals surface area contributed by atoms with Crippen LogP contribution in [-0.2, 0) is 0 Å². The van der Waals surface area contributed by atoms with Gasteiger partial charge in [0.05, 0.1) is 0 Å². The van der Waals surface area contributed by atoms with Crippen LogP contribution >= 0.6 is 23.5 Å². The van der Waals surface area contributed by atoms with E-state index in [1.54, 1.807) is 44.8 Å². The molecule has 0 radical (unpaired) electrons. The van der Waals surface area contributed by atoms with E-state index in [4.69, 9.17) is 0 Å². The van der Waals surface area contributed by atoms with Crippen LogP contribution in [0, 0.1) is 11.8 Å². The van der Waals surface area contributed by atoms with Crippen LogP contribution in [0.1, 0.15) is 113 Å². The van der Waals surface area contributed by atoms with Crippen LogP contribution in [0.3, 0.4) is 0 Å². The van der Waals surface area contributed by atoms with Crippen LogP contribution in [0.25, 0.3) is 0 Å². The van der Waals surface area contributed by atoms with E-state index in [0.29, 0.717) is 57.0 Å². The fourth-order valence-electron chi connectivity index (χ4n) is 14.7. The second kappa shape index (κ2) is 14.1. The summed E-state index contributed by atoms with van der Waals surface area (Å²) in [5.74, 6) is 2.75. The number of benzene rings is 2. The summed E-state index contributed by atoms with van der Waals surface area (Å²) in [6.45, 7) is 0. The average Bonchev–Trinajstić information content (AvgIpc) is 3.81. The molecule has 296 valence electrons. The van der Waals surface area contributed by atoms with E-state index in [0.717, 1.165) is 11.8 Å². The first-order valence-electron chi connectivity index (χ1n) is 23.3. The highest BCUT2D eigenvalue weighted by atomic mass is 32.2. The molecule has 3 saturated carbocycles. The molecule has 2 nitrogen and oxygen atoms in total. The van der Waals surface area contributed by atoms with Gasteiger partial charge in [0.2, 0.25) is 0 Å². The highest BCUT2D eigenvalue weighted by molar-refractivity contribution is 8.01. The molecule has 12 atom stereocenters. The standard InChI is InChI=1S/C54H58N2S2/c1-5-13-33(14-6-1)37-21-23-41-43-27-25-39(35-17-9-3-10-18-35)53-51(43)55(45(41)29-37)47-31-50-48(32-49(47)57-53)56-46-30-38(34-15-7-2-8-16-34)22-24-42(46)44-28-26-40(54(58-50)52(44)56)36-19-11-4-12-20-36/h1-5,7,9-13,15,17-20,29-30,39-40,43-44,47-54H,6,8,14,16,21-28,31-32H2. The lowest BCUT2D eigenvalue weighted by atomic mass is 9.71. The molecule has 11 aliphatic rings. The van der Waals surface area contributed by atoms with Crippen LogP contribution in [0.15, 0.2) is 154 Å². The molecule has 0 N–H and O–H groups in total. The van der Waals surface area contributed by atoms with Crippen molar-refractivity contribution >= 4 is 23.5 Å². The van der Waals surface area contributed by atoms with Gasteiger partial charge in [0.15, 0.2) is 0 Å². The van der Waals surface area contributed by atoms with E-state index in [9.17, 15) is 0 Å². The lowest BCUT2D eigenvalue weighted by molar-refractivity contribution is 0.0611. The van der Waals surface area contributed by atoms with Gasteiger partial charge in [0.25, 0.3) is 0 Å². The Morgan fingerprint density at radius 1 is 0.466 bits per heavy atom. The number of fused-ring (bicyclic) bond motifs is 8. The number of rotatable bonds is 4. The summed E-state index contributed by atoms with van der Waals surface area (Å²) >= 11 is 4.98. The fraction of sp³-hybridized carbons (Fsp3) is 0.481. The number of nitrogens with zero attached hydrogens (tertiary/aromatic N) is 2. The van der Waals surface area contributed by atoms with Crippen LogP contribution in [0.4, 0.5) is 0 Å². The summed E-state index contributed by atoms with van der Waals surface area (Å²) in [5.41, 5.74) is 16.8. The van der Waals surface area contributed by atoms with Crippen molar-refractivity contribution < 1.29 is 0 Å². The summed E-state index contributed by atoms with van der Waals surface area (Å²) < 4.78 is 0. The number of thioether (sulfide) groups is 2. The molecule has 13 rings (SSSR count). The van der Waals surface area contributed by atoms with Crippen molar-refractivity contribution in [2.24, 2.45) is 11.8 Å². The van der Waals surface area contributed by atoms with Crippen molar-refractivity contribution in [3.8, 4) is 0 Å². The van der Waals surface area contributed by atoms with Gasteiger partial charge in [-0.2, -0.15) is 23.5 Å². The van der Waals surface area contributed by atoms with Gasteiger partial charge in [-0.3, -0.25) is 0 Å². The fourth-order valence-corrected chi connectivity index (χ4v) is 18.9. The summed E-state index contributed by atoms with van der Waals surface area (Å²) in [6, 6.07) is 26.1. The van der Waals surface area contributed by atoms with Crippen molar-refractivity contribution in [1.82, 2.24) is 9.80 Å². The van der Waals surface area contributed by atoms with Gasteiger partial charge in [-0.15, -0.1) is 0 Å². The molecule has 2 aromatic carbocycles. The monoisotopic (exact) mass is 798 g/mol. The number of allylic oxidation sites excluding steroid dienone is 12. The minimum absolute atomic E-state index is 0.624. The summed E-state index contributed by atoms with van der Waals surface area (Å²) in [5, 5.41) is 2.66. The summed E-state index contributed by atoms with van der Waals surface area (Å²) in [7, 11) is 0. The van der Waals surface area contributed by atoms with Crippen LogP contribution in [-0.4, -0.2) is 55.0 Å². The molecular formula is C54H58N2S2. The minimum atomic E-state index is 0.624. The number of hydrogen-bond acceptors (Lipinski definition) is 4. The summed E-state index contributed by atoms with van der Waals surface area (Å²) in [6.07, 6.45) is 37.7. The highest BCUT2D eigenvalue weighted by Crippen LogP contribution is 2.65. The molecule has 4 aliphatic heterocycles. The highest BCUT2D eigenvalue weighted by Gasteiger charge is 2.63. The minimum Gasteiger partial charge on any atom is -0.363 e. The third-order valence-electron chi connectivity index (χ3n) is 17.1. The zero-order valence-corrected chi connectivity index (χ0v) is 35.6. The first kappa shape index (κ1) is 35.4. The van der Waals surface area contributed by atoms with Crippen molar-refractivity contribution in [3.05, 3.63) is 165 Å². The Morgan fingerprint density at radius 3 is 1.34 bits per heavy atom. The molecule has 2 saturated heterocycles. The lowest BCUT2D eigenvalue weighted by Crippen LogP contribution is -2.66. The van der Waals surface area contributed by atoms with Gasteiger partial charge in [-0.1, -0.05) is 97.1 Å². The molecule has 7 aliphatic carbocycles. The predicted molar refractivity (Wildman–Crippen MR) is 244 cm³/mol. The maximum absolute atomic E-state index is 3.18. The van der Waals surface area contributed by atoms with E-state index >= 15 is 0 Å². The summed E-state index contributed by atoms with van der Waals surface area (Å²) in [4.78, 5) is 6.35. The first-order chi connectivity index (χ1) is 28.8. The Hall–Kier alpha value is -3.34.